The van der Waals surface area contributed by atoms with Crippen LogP contribution in [0.1, 0.15) is 50.3 Å². The van der Waals surface area contributed by atoms with E-state index in [1.807, 2.05) is 13.0 Å². The summed E-state index contributed by atoms with van der Waals surface area (Å²) in [5.74, 6) is 0.659. The van der Waals surface area contributed by atoms with E-state index in [1.165, 1.54) is 16.7 Å². The Morgan fingerprint density at radius 2 is 1.50 bits per heavy atom. The summed E-state index contributed by atoms with van der Waals surface area (Å²) in [5, 5.41) is 0. The molecule has 0 amide bonds. The summed E-state index contributed by atoms with van der Waals surface area (Å²) in [6, 6.07) is 19.0. The quantitative estimate of drug-likeness (QED) is 0.630. The van der Waals surface area contributed by atoms with Crippen molar-refractivity contribution in [3.8, 4) is 0 Å². The molecule has 0 atom stereocenters. The highest BCUT2D eigenvalue weighted by Gasteiger charge is 1.93. The fourth-order valence-corrected chi connectivity index (χ4v) is 2.04. The summed E-state index contributed by atoms with van der Waals surface area (Å²) in [4.78, 5) is 0. The predicted octanol–water partition coefficient (Wildman–Crippen LogP) is 6.09. The maximum absolute atomic E-state index is 2.20. The van der Waals surface area contributed by atoms with Crippen LogP contribution in [0.25, 0.3) is 6.08 Å². The molecule has 0 aliphatic rings. The third-order valence-electron chi connectivity index (χ3n) is 3.25. The molecule has 0 saturated heterocycles. The predicted molar refractivity (Wildman–Crippen MR) is 91.1 cm³/mol. The molecule has 106 valence electrons. The number of aryl methyl sites for hydroxylation is 1. The minimum Gasteiger partial charge on any atom is -0.0871 e. The molecular formula is C20H26. The normalized spacial score (nSPS) is 10.4. The van der Waals surface area contributed by atoms with Crippen molar-refractivity contribution >= 4 is 6.08 Å². The minimum atomic E-state index is 0.659. The van der Waals surface area contributed by atoms with Gasteiger partial charge in [0.05, 0.1) is 0 Å². The molecule has 0 radical (unpaired) electrons. The lowest BCUT2D eigenvalue weighted by atomic mass is 10.0. The fourth-order valence-electron chi connectivity index (χ4n) is 2.04. The zero-order chi connectivity index (χ0) is 14.8. The molecule has 0 fully saturated rings. The van der Waals surface area contributed by atoms with E-state index in [0.717, 1.165) is 6.42 Å². The highest BCUT2D eigenvalue weighted by molar-refractivity contribution is 5.53. The standard InChI is InChI=1S/C11H14.C9H12/c1-3-7-11-9-6-5-8-10(11)4-2;1-8(2)9-6-4-3-5-7-9/h3,5-9H,4H2,1-2H3;3-8H,1-2H3/b7-3+;. The van der Waals surface area contributed by atoms with Gasteiger partial charge < -0.3 is 0 Å². The minimum absolute atomic E-state index is 0.659. The smallest absolute Gasteiger partial charge is 0.0219 e. The van der Waals surface area contributed by atoms with Gasteiger partial charge in [0.2, 0.25) is 0 Å². The van der Waals surface area contributed by atoms with Crippen molar-refractivity contribution in [1.29, 1.82) is 0 Å². The Bertz CT molecular complexity index is 507. The van der Waals surface area contributed by atoms with Crippen molar-refractivity contribution in [1.82, 2.24) is 0 Å². The second kappa shape index (κ2) is 9.14. The zero-order valence-corrected chi connectivity index (χ0v) is 13.1. The molecule has 0 saturated carbocycles. The van der Waals surface area contributed by atoms with Gasteiger partial charge in [0.25, 0.3) is 0 Å². The topological polar surface area (TPSA) is 0 Å². The number of hydrogen-bond donors (Lipinski definition) is 0. The monoisotopic (exact) mass is 266 g/mol. The van der Waals surface area contributed by atoms with Gasteiger partial charge >= 0.3 is 0 Å². The molecule has 20 heavy (non-hydrogen) atoms. The van der Waals surface area contributed by atoms with E-state index in [1.54, 1.807) is 0 Å². The van der Waals surface area contributed by atoms with Crippen molar-refractivity contribution in [3.63, 3.8) is 0 Å². The van der Waals surface area contributed by atoms with Gasteiger partial charge in [-0.2, -0.15) is 0 Å². The summed E-state index contributed by atoms with van der Waals surface area (Å²) < 4.78 is 0. The molecule has 2 aromatic rings. The summed E-state index contributed by atoms with van der Waals surface area (Å²) in [6.07, 6.45) is 5.34. The second-order valence-corrected chi connectivity index (χ2v) is 5.12. The third kappa shape index (κ3) is 5.44. The fraction of sp³-hybridized carbons (Fsp3) is 0.300. The summed E-state index contributed by atoms with van der Waals surface area (Å²) in [5.41, 5.74) is 4.18. The molecule has 0 bridgehead atoms. The van der Waals surface area contributed by atoms with Gasteiger partial charge in [0.1, 0.15) is 0 Å². The van der Waals surface area contributed by atoms with Crippen LogP contribution in [0.4, 0.5) is 0 Å². The Hall–Kier alpha value is -1.82. The van der Waals surface area contributed by atoms with E-state index in [0.29, 0.717) is 5.92 Å². The van der Waals surface area contributed by atoms with Crippen LogP contribution >= 0.6 is 0 Å². The molecule has 0 heteroatoms. The van der Waals surface area contributed by atoms with Crippen LogP contribution in [0.3, 0.4) is 0 Å². The second-order valence-electron chi connectivity index (χ2n) is 5.12. The van der Waals surface area contributed by atoms with Crippen molar-refractivity contribution < 1.29 is 0 Å². The Morgan fingerprint density at radius 3 is 2.00 bits per heavy atom. The van der Waals surface area contributed by atoms with Gasteiger partial charge in [-0.15, -0.1) is 0 Å². The van der Waals surface area contributed by atoms with Crippen molar-refractivity contribution in [2.45, 2.75) is 40.0 Å². The first-order valence-corrected chi connectivity index (χ1v) is 7.44. The van der Waals surface area contributed by atoms with Crippen LogP contribution in [0, 0.1) is 0 Å². The van der Waals surface area contributed by atoms with E-state index in [9.17, 15) is 0 Å². The highest BCUT2D eigenvalue weighted by atomic mass is 14.0. The average molecular weight is 266 g/mol. The Kier molecular flexibility index (Phi) is 7.42. The summed E-state index contributed by atoms with van der Waals surface area (Å²) in [6.45, 7) is 8.64. The van der Waals surface area contributed by atoms with Crippen LogP contribution in [0.15, 0.2) is 60.7 Å². The lowest BCUT2D eigenvalue weighted by molar-refractivity contribution is 0.867. The first-order valence-electron chi connectivity index (χ1n) is 7.44. The van der Waals surface area contributed by atoms with Gasteiger partial charge in [0.15, 0.2) is 0 Å². The molecular weight excluding hydrogens is 240 g/mol. The van der Waals surface area contributed by atoms with E-state index in [-0.39, 0.29) is 0 Å². The first-order chi connectivity index (χ1) is 9.69. The third-order valence-corrected chi connectivity index (χ3v) is 3.25. The molecule has 2 rings (SSSR count). The highest BCUT2D eigenvalue weighted by Crippen LogP contribution is 2.12. The lowest BCUT2D eigenvalue weighted by Gasteiger charge is -2.01. The van der Waals surface area contributed by atoms with Gasteiger partial charge in [0, 0.05) is 0 Å². The molecule has 0 aliphatic carbocycles. The SMILES string of the molecule is C/C=C/c1ccccc1CC.CC(C)c1ccccc1. The molecule has 0 aromatic heterocycles. The zero-order valence-electron chi connectivity index (χ0n) is 13.1. The molecule has 0 aliphatic heterocycles. The van der Waals surface area contributed by atoms with E-state index >= 15 is 0 Å². The molecule has 0 nitrogen and oxygen atoms in total. The van der Waals surface area contributed by atoms with Gasteiger partial charge in [-0.05, 0) is 36.0 Å². The number of allylic oxidation sites excluding steroid dienone is 1. The van der Waals surface area contributed by atoms with Crippen LogP contribution in [0.2, 0.25) is 0 Å². The van der Waals surface area contributed by atoms with Gasteiger partial charge in [-0.3, -0.25) is 0 Å². The van der Waals surface area contributed by atoms with Crippen molar-refractivity contribution in [3.05, 3.63) is 77.4 Å². The Balaban J connectivity index is 0.000000204. The van der Waals surface area contributed by atoms with Crippen molar-refractivity contribution in [2.75, 3.05) is 0 Å². The first kappa shape index (κ1) is 16.2. The molecule has 2 aromatic carbocycles. The maximum Gasteiger partial charge on any atom is -0.0219 e. The average Bonchev–Trinajstić information content (AvgIpc) is 2.50. The van der Waals surface area contributed by atoms with Crippen LogP contribution in [0.5, 0.6) is 0 Å². The van der Waals surface area contributed by atoms with Crippen molar-refractivity contribution in [2.24, 2.45) is 0 Å². The van der Waals surface area contributed by atoms with E-state index in [2.05, 4.69) is 81.5 Å². The van der Waals surface area contributed by atoms with Crippen LogP contribution in [-0.4, -0.2) is 0 Å². The number of rotatable bonds is 3. The number of hydrogen-bond acceptors (Lipinski definition) is 0. The molecule has 0 heterocycles. The van der Waals surface area contributed by atoms with Crippen LogP contribution < -0.4 is 0 Å². The summed E-state index contributed by atoms with van der Waals surface area (Å²) >= 11 is 0. The van der Waals surface area contributed by atoms with Crippen LogP contribution in [-0.2, 0) is 6.42 Å². The molecule has 0 N–H and O–H groups in total. The van der Waals surface area contributed by atoms with E-state index in [4.69, 9.17) is 0 Å². The van der Waals surface area contributed by atoms with Gasteiger partial charge in [-0.25, -0.2) is 0 Å². The Morgan fingerprint density at radius 1 is 0.900 bits per heavy atom. The molecule has 0 unspecified atom stereocenters. The number of benzene rings is 2. The van der Waals surface area contributed by atoms with Gasteiger partial charge in [-0.1, -0.05) is 87.5 Å². The summed E-state index contributed by atoms with van der Waals surface area (Å²) in [7, 11) is 0. The Labute approximate surface area is 124 Å². The maximum atomic E-state index is 2.20. The largest absolute Gasteiger partial charge is 0.0871 e. The van der Waals surface area contributed by atoms with E-state index < -0.39 is 0 Å². The lowest BCUT2D eigenvalue weighted by Crippen LogP contribution is -1.83. The molecule has 0 spiro atoms.